The third-order valence-corrected chi connectivity index (χ3v) is 6.14. The van der Waals surface area contributed by atoms with E-state index in [0.717, 1.165) is 21.0 Å². The molecule has 4 rings (SSSR count). The molecule has 0 aliphatic rings. The highest BCUT2D eigenvalue weighted by molar-refractivity contribution is 7.16. The van der Waals surface area contributed by atoms with Gasteiger partial charge in [0.05, 0.1) is 20.3 Å². The van der Waals surface area contributed by atoms with Gasteiger partial charge < -0.3 is 20.1 Å². The first-order chi connectivity index (χ1) is 16.1. The summed E-state index contributed by atoms with van der Waals surface area (Å²) in [6.45, 7) is 2.02. The number of nitrogens with zero attached hydrogens (tertiary/aromatic N) is 1. The van der Waals surface area contributed by atoms with Crippen molar-refractivity contribution in [2.45, 2.75) is 13.0 Å². The summed E-state index contributed by atoms with van der Waals surface area (Å²) in [6, 6.07) is 22.3. The minimum absolute atomic E-state index is 0.159. The molecule has 0 fully saturated rings. The van der Waals surface area contributed by atoms with Crippen molar-refractivity contribution in [2.75, 3.05) is 24.9 Å². The van der Waals surface area contributed by atoms with E-state index in [1.54, 1.807) is 32.5 Å². The predicted molar refractivity (Wildman–Crippen MR) is 133 cm³/mol. The van der Waals surface area contributed by atoms with Crippen molar-refractivity contribution in [3.63, 3.8) is 0 Å². The van der Waals surface area contributed by atoms with Gasteiger partial charge in [-0.05, 0) is 55.5 Å². The lowest BCUT2D eigenvalue weighted by atomic mass is 9.98. The Bertz CT molecular complexity index is 1230. The minimum Gasteiger partial charge on any atom is -0.497 e. The quantitative estimate of drug-likeness (QED) is 0.342. The molecule has 0 aliphatic carbocycles. The molecule has 0 aliphatic heterocycles. The first-order valence-electron chi connectivity index (χ1n) is 10.4. The van der Waals surface area contributed by atoms with Crippen LogP contribution >= 0.6 is 11.3 Å². The molecule has 0 unspecified atom stereocenters. The number of hydrogen-bond donors (Lipinski definition) is 2. The van der Waals surface area contributed by atoms with Crippen LogP contribution in [0.1, 0.15) is 32.4 Å². The summed E-state index contributed by atoms with van der Waals surface area (Å²) in [4.78, 5) is 18.5. The summed E-state index contributed by atoms with van der Waals surface area (Å²) in [7, 11) is 3.27. The molecule has 0 radical (unpaired) electrons. The van der Waals surface area contributed by atoms with Gasteiger partial charge in [0.15, 0.2) is 0 Å². The number of ether oxygens (including phenoxy) is 2. The van der Waals surface area contributed by atoms with Gasteiger partial charge >= 0.3 is 0 Å². The van der Waals surface area contributed by atoms with Gasteiger partial charge in [0.1, 0.15) is 22.3 Å². The van der Waals surface area contributed by atoms with Gasteiger partial charge in [0.2, 0.25) is 0 Å². The Labute approximate surface area is 197 Å². The van der Waals surface area contributed by atoms with Crippen LogP contribution in [0.25, 0.3) is 0 Å². The molecule has 1 amide bonds. The van der Waals surface area contributed by atoms with Crippen LogP contribution in [0, 0.1) is 6.92 Å². The summed E-state index contributed by atoms with van der Waals surface area (Å²) in [5.41, 5.74) is 2.39. The van der Waals surface area contributed by atoms with Gasteiger partial charge in [-0.25, -0.2) is 4.98 Å². The number of pyridine rings is 1. The molecule has 1 atom stereocenters. The maximum absolute atomic E-state index is 12.9. The Morgan fingerprint density at radius 1 is 0.939 bits per heavy atom. The minimum atomic E-state index is -0.346. The number of carbonyl (C=O) groups is 1. The Hall–Kier alpha value is -3.84. The van der Waals surface area contributed by atoms with E-state index >= 15 is 0 Å². The van der Waals surface area contributed by atoms with Crippen molar-refractivity contribution < 1.29 is 14.3 Å². The summed E-state index contributed by atoms with van der Waals surface area (Å²) in [5, 5.41) is 7.37. The second-order valence-electron chi connectivity index (χ2n) is 7.36. The Morgan fingerprint density at radius 3 is 2.42 bits per heavy atom. The monoisotopic (exact) mass is 459 g/mol. The number of aryl methyl sites for hydroxylation is 1. The lowest BCUT2D eigenvalue weighted by Crippen LogP contribution is -2.17. The molecule has 0 bridgehead atoms. The van der Waals surface area contributed by atoms with E-state index in [1.807, 2.05) is 61.5 Å². The molecule has 2 N–H and O–H groups in total. The van der Waals surface area contributed by atoms with Crippen LogP contribution in [0.4, 0.5) is 10.8 Å². The fraction of sp³-hybridized carbons (Fsp3) is 0.154. The third-order valence-electron chi connectivity index (χ3n) is 5.16. The summed E-state index contributed by atoms with van der Waals surface area (Å²) in [6.07, 6.45) is 1.74. The fourth-order valence-electron chi connectivity index (χ4n) is 3.59. The van der Waals surface area contributed by atoms with Gasteiger partial charge in [-0.3, -0.25) is 4.79 Å². The Balaban J connectivity index is 1.79. The largest absolute Gasteiger partial charge is 0.497 e. The number of carbonyl (C=O) groups excluding carboxylic acids is 1. The van der Waals surface area contributed by atoms with E-state index in [0.29, 0.717) is 22.9 Å². The number of anilines is 2. The Morgan fingerprint density at radius 2 is 1.73 bits per heavy atom. The molecule has 0 saturated carbocycles. The lowest BCUT2D eigenvalue weighted by Gasteiger charge is -2.23. The van der Waals surface area contributed by atoms with Gasteiger partial charge in [-0.1, -0.05) is 24.3 Å². The molecule has 0 spiro atoms. The molecular formula is C26H25N3O3S. The Kier molecular flexibility index (Phi) is 6.90. The number of nitrogens with one attached hydrogen (secondary N) is 2. The summed E-state index contributed by atoms with van der Waals surface area (Å²) in [5.74, 6) is 1.96. The number of methoxy groups -OCH3 is 2. The molecular weight excluding hydrogens is 434 g/mol. The first-order valence-corrected chi connectivity index (χ1v) is 11.3. The van der Waals surface area contributed by atoms with Gasteiger partial charge in [-0.15, -0.1) is 11.3 Å². The van der Waals surface area contributed by atoms with Crippen LogP contribution in [0.2, 0.25) is 0 Å². The summed E-state index contributed by atoms with van der Waals surface area (Å²) >= 11 is 1.53. The smallest absolute Gasteiger partial charge is 0.256 e. The zero-order chi connectivity index (χ0) is 23.2. The zero-order valence-corrected chi connectivity index (χ0v) is 19.5. The predicted octanol–water partition coefficient (Wildman–Crippen LogP) is 5.92. The van der Waals surface area contributed by atoms with Crippen molar-refractivity contribution in [1.82, 2.24) is 4.98 Å². The van der Waals surface area contributed by atoms with E-state index < -0.39 is 0 Å². The van der Waals surface area contributed by atoms with Crippen molar-refractivity contribution >= 4 is 28.1 Å². The SMILES string of the molecule is COc1ccc(OC)c([C@H](Nc2ccccn2)c2cc(C)sc2NC(=O)c2ccccc2)c1. The van der Waals surface area contributed by atoms with E-state index in [-0.39, 0.29) is 11.9 Å². The van der Waals surface area contributed by atoms with E-state index in [9.17, 15) is 4.79 Å². The van der Waals surface area contributed by atoms with E-state index in [4.69, 9.17) is 9.47 Å². The molecule has 2 heterocycles. The number of thiophene rings is 1. The first kappa shape index (κ1) is 22.4. The number of aromatic nitrogens is 1. The average Bonchev–Trinajstić information content (AvgIpc) is 3.22. The molecule has 6 nitrogen and oxygen atoms in total. The molecule has 0 saturated heterocycles. The second-order valence-corrected chi connectivity index (χ2v) is 8.62. The molecule has 4 aromatic rings. The van der Waals surface area contributed by atoms with Crippen LogP contribution < -0.4 is 20.1 Å². The maximum Gasteiger partial charge on any atom is 0.256 e. The van der Waals surface area contributed by atoms with Crippen LogP contribution in [0.5, 0.6) is 11.5 Å². The molecule has 7 heteroatoms. The van der Waals surface area contributed by atoms with Crippen LogP contribution in [-0.4, -0.2) is 25.1 Å². The van der Waals surface area contributed by atoms with Crippen molar-refractivity contribution in [2.24, 2.45) is 0 Å². The number of rotatable bonds is 8. The number of amides is 1. The molecule has 2 aromatic heterocycles. The van der Waals surface area contributed by atoms with Crippen LogP contribution in [0.15, 0.2) is 79.0 Å². The van der Waals surface area contributed by atoms with Crippen molar-refractivity contribution in [1.29, 1.82) is 0 Å². The summed E-state index contributed by atoms with van der Waals surface area (Å²) < 4.78 is 11.2. The topological polar surface area (TPSA) is 72.5 Å². The highest BCUT2D eigenvalue weighted by atomic mass is 32.1. The number of hydrogen-bond acceptors (Lipinski definition) is 6. The van der Waals surface area contributed by atoms with Gasteiger partial charge in [0.25, 0.3) is 5.91 Å². The lowest BCUT2D eigenvalue weighted by molar-refractivity contribution is 0.102. The molecule has 33 heavy (non-hydrogen) atoms. The van der Waals surface area contributed by atoms with Crippen molar-refractivity contribution in [3.8, 4) is 11.5 Å². The number of benzene rings is 2. The standard InChI is InChI=1S/C26H25N3O3S/c1-17-15-21(26(33-17)29-25(30)18-9-5-4-6-10-18)24(28-23-11-7-8-14-27-23)20-16-19(31-2)12-13-22(20)32-3/h4-16,24H,1-3H3,(H,27,28)(H,29,30)/t24-/m0/s1. The van der Waals surface area contributed by atoms with Crippen LogP contribution in [0.3, 0.4) is 0 Å². The fourth-order valence-corrected chi connectivity index (χ4v) is 4.54. The highest BCUT2D eigenvalue weighted by Gasteiger charge is 2.25. The van der Waals surface area contributed by atoms with Crippen LogP contribution in [-0.2, 0) is 0 Å². The highest BCUT2D eigenvalue weighted by Crippen LogP contribution is 2.41. The van der Waals surface area contributed by atoms with Gasteiger partial charge in [-0.2, -0.15) is 0 Å². The zero-order valence-electron chi connectivity index (χ0n) is 18.7. The van der Waals surface area contributed by atoms with E-state index in [2.05, 4.69) is 21.7 Å². The second kappa shape index (κ2) is 10.2. The molecule has 2 aromatic carbocycles. The maximum atomic E-state index is 12.9. The normalized spacial score (nSPS) is 11.5. The van der Waals surface area contributed by atoms with Gasteiger partial charge in [0, 0.05) is 27.8 Å². The van der Waals surface area contributed by atoms with E-state index in [1.165, 1.54) is 11.3 Å². The average molecular weight is 460 g/mol. The third kappa shape index (κ3) is 5.15. The van der Waals surface area contributed by atoms with Crippen molar-refractivity contribution in [3.05, 3.63) is 101 Å². The molecule has 168 valence electrons.